The van der Waals surface area contributed by atoms with Crippen LogP contribution in [0.4, 0.5) is 0 Å². The molecule has 0 N–H and O–H groups in total. The third-order valence-electron chi connectivity index (χ3n) is 1.89. The molecule has 1 aromatic carbocycles. The summed E-state index contributed by atoms with van der Waals surface area (Å²) in [6.07, 6.45) is 4.75. The van der Waals surface area contributed by atoms with Crippen molar-refractivity contribution in [2.75, 3.05) is 0 Å². The zero-order valence-electron chi connectivity index (χ0n) is 7.36. The van der Waals surface area contributed by atoms with Crippen molar-refractivity contribution < 1.29 is 8.83 Å². The molecule has 0 saturated heterocycles. The van der Waals surface area contributed by atoms with Crippen LogP contribution in [0.5, 0.6) is 0 Å². The monoisotopic (exact) mass is 174 g/mol. The summed E-state index contributed by atoms with van der Waals surface area (Å²) in [7, 11) is 0. The number of fused-ring (bicyclic) bond motifs is 1. The fraction of sp³-hybridized carbons (Fsp3) is 0.0909. The van der Waals surface area contributed by atoms with Crippen LogP contribution in [0, 0.1) is 6.92 Å². The molecule has 0 bridgehead atoms. The molecule has 13 heavy (non-hydrogen) atoms. The molecule has 0 atom stereocenters. The van der Waals surface area contributed by atoms with E-state index in [0.29, 0.717) is 0 Å². The minimum atomic E-state index is 0.857. The number of benzene rings is 1. The van der Waals surface area contributed by atoms with E-state index >= 15 is 0 Å². The topological polar surface area (TPSA) is 26.3 Å². The molecule has 1 aromatic heterocycles. The lowest BCUT2D eigenvalue weighted by Gasteiger charge is -1.95. The Morgan fingerprint density at radius 3 is 2.85 bits per heavy atom. The summed E-state index contributed by atoms with van der Waals surface area (Å²) in [5.41, 5.74) is 1.91. The number of rotatable bonds is 0. The van der Waals surface area contributed by atoms with Gasteiger partial charge in [-0.1, -0.05) is 18.2 Å². The molecule has 0 spiro atoms. The maximum absolute atomic E-state index is 5.35. The fourth-order valence-corrected chi connectivity index (χ4v) is 1.23. The van der Waals surface area contributed by atoms with Gasteiger partial charge in [-0.3, -0.25) is 0 Å². The van der Waals surface area contributed by atoms with Crippen molar-refractivity contribution in [2.45, 2.75) is 6.92 Å². The SMILES string of the molecule is Cc1coccoc2ccccc12. The van der Waals surface area contributed by atoms with Crippen molar-refractivity contribution in [1.82, 2.24) is 0 Å². The summed E-state index contributed by atoms with van der Waals surface area (Å²) >= 11 is 0. The Morgan fingerprint density at radius 1 is 1.08 bits per heavy atom. The summed E-state index contributed by atoms with van der Waals surface area (Å²) in [6.45, 7) is 1.99. The van der Waals surface area contributed by atoms with Crippen LogP contribution in [-0.4, -0.2) is 0 Å². The van der Waals surface area contributed by atoms with Crippen LogP contribution in [-0.2, 0) is 0 Å². The average molecular weight is 174 g/mol. The average Bonchev–Trinajstić information content (AvgIpc) is 2.14. The van der Waals surface area contributed by atoms with E-state index < -0.39 is 0 Å². The molecule has 0 fully saturated rings. The predicted octanol–water partition coefficient (Wildman–Crippen LogP) is 3.46. The first-order valence-electron chi connectivity index (χ1n) is 4.11. The molecule has 66 valence electrons. The molecule has 2 aromatic rings. The van der Waals surface area contributed by atoms with Gasteiger partial charge in [-0.2, -0.15) is 0 Å². The molecule has 0 aliphatic rings. The zero-order valence-corrected chi connectivity index (χ0v) is 7.36. The molecule has 2 nitrogen and oxygen atoms in total. The van der Waals surface area contributed by atoms with E-state index in [4.69, 9.17) is 8.83 Å². The largest absolute Gasteiger partial charge is 0.469 e. The Morgan fingerprint density at radius 2 is 1.92 bits per heavy atom. The molecular weight excluding hydrogens is 164 g/mol. The van der Waals surface area contributed by atoms with Gasteiger partial charge >= 0.3 is 0 Å². The standard InChI is InChI=1S/C11H10O2/c1-9-8-12-6-7-13-11-5-3-2-4-10(9)11/h2-8H,1H3. The third-order valence-corrected chi connectivity index (χ3v) is 1.89. The van der Waals surface area contributed by atoms with Crippen LogP contribution < -0.4 is 0 Å². The van der Waals surface area contributed by atoms with Crippen LogP contribution in [0.25, 0.3) is 11.0 Å². The summed E-state index contributed by atoms with van der Waals surface area (Å²) in [5, 5.41) is 1.06. The van der Waals surface area contributed by atoms with Gasteiger partial charge in [0.2, 0.25) is 0 Å². The van der Waals surface area contributed by atoms with Crippen LogP contribution in [0.15, 0.2) is 51.9 Å². The number of para-hydroxylation sites is 1. The highest BCUT2D eigenvalue weighted by atomic mass is 16.4. The Hall–Kier alpha value is -1.70. The van der Waals surface area contributed by atoms with E-state index in [1.54, 1.807) is 6.26 Å². The molecule has 2 rings (SSSR count). The lowest BCUT2D eigenvalue weighted by Crippen LogP contribution is -1.73. The van der Waals surface area contributed by atoms with Crippen LogP contribution in [0.2, 0.25) is 0 Å². The fourth-order valence-electron chi connectivity index (χ4n) is 1.23. The van der Waals surface area contributed by atoms with E-state index in [9.17, 15) is 0 Å². The van der Waals surface area contributed by atoms with Crippen molar-refractivity contribution in [3.05, 3.63) is 48.6 Å². The predicted molar refractivity (Wildman–Crippen MR) is 50.8 cm³/mol. The molecule has 0 aliphatic carbocycles. The number of aryl methyl sites for hydroxylation is 1. The molecule has 0 aliphatic heterocycles. The molecule has 0 radical (unpaired) electrons. The summed E-state index contributed by atoms with van der Waals surface area (Å²) in [4.78, 5) is 0. The molecule has 0 unspecified atom stereocenters. The normalized spacial score (nSPS) is 9.92. The first-order chi connectivity index (χ1) is 6.38. The molecular formula is C11H10O2. The Kier molecular flexibility index (Phi) is 2.04. The maximum Gasteiger partial charge on any atom is 0.134 e. The van der Waals surface area contributed by atoms with Crippen LogP contribution in [0.1, 0.15) is 5.56 Å². The van der Waals surface area contributed by atoms with E-state index in [-0.39, 0.29) is 0 Å². The lowest BCUT2D eigenvalue weighted by atomic mass is 10.2. The molecule has 0 saturated carbocycles. The van der Waals surface area contributed by atoms with Crippen molar-refractivity contribution in [3.8, 4) is 0 Å². The van der Waals surface area contributed by atoms with Crippen molar-refractivity contribution in [1.29, 1.82) is 0 Å². The number of hydrogen-bond acceptors (Lipinski definition) is 2. The van der Waals surface area contributed by atoms with Crippen LogP contribution >= 0.6 is 0 Å². The van der Waals surface area contributed by atoms with Crippen LogP contribution in [0.3, 0.4) is 0 Å². The summed E-state index contributed by atoms with van der Waals surface area (Å²) < 4.78 is 10.4. The van der Waals surface area contributed by atoms with Gasteiger partial charge in [-0.25, -0.2) is 0 Å². The van der Waals surface area contributed by atoms with Gasteiger partial charge in [0.25, 0.3) is 0 Å². The minimum absolute atomic E-state index is 0.857. The Bertz CT molecular complexity index is 450. The van der Waals surface area contributed by atoms with Gasteiger partial charge in [0.1, 0.15) is 18.1 Å². The maximum atomic E-state index is 5.35. The minimum Gasteiger partial charge on any atom is -0.469 e. The molecule has 2 heteroatoms. The summed E-state index contributed by atoms with van der Waals surface area (Å²) in [5.74, 6) is 0. The van der Waals surface area contributed by atoms with E-state index in [2.05, 4.69) is 0 Å². The molecule has 0 amide bonds. The van der Waals surface area contributed by atoms with Crippen molar-refractivity contribution in [3.63, 3.8) is 0 Å². The van der Waals surface area contributed by atoms with Gasteiger partial charge in [-0.05, 0) is 18.6 Å². The van der Waals surface area contributed by atoms with Gasteiger partial charge in [0.15, 0.2) is 0 Å². The first kappa shape index (κ1) is 7.92. The van der Waals surface area contributed by atoms with E-state index in [0.717, 1.165) is 16.5 Å². The lowest BCUT2D eigenvalue weighted by molar-refractivity contribution is 0.510. The van der Waals surface area contributed by atoms with Gasteiger partial charge in [0.05, 0.1) is 6.26 Å². The summed E-state index contributed by atoms with van der Waals surface area (Å²) in [6, 6.07) is 7.86. The van der Waals surface area contributed by atoms with Gasteiger partial charge in [-0.15, -0.1) is 0 Å². The van der Waals surface area contributed by atoms with E-state index in [1.165, 1.54) is 12.5 Å². The van der Waals surface area contributed by atoms with E-state index in [1.807, 2.05) is 31.2 Å². The van der Waals surface area contributed by atoms with Gasteiger partial charge in [0, 0.05) is 5.39 Å². The quantitative estimate of drug-likeness (QED) is 0.611. The van der Waals surface area contributed by atoms with Crippen molar-refractivity contribution >= 4 is 11.0 Å². The second kappa shape index (κ2) is 3.35. The second-order valence-electron chi connectivity index (χ2n) is 2.82. The molecule has 1 heterocycles. The van der Waals surface area contributed by atoms with Crippen molar-refractivity contribution in [2.24, 2.45) is 0 Å². The highest BCUT2D eigenvalue weighted by Crippen LogP contribution is 2.14. The Labute approximate surface area is 76.1 Å². The highest BCUT2D eigenvalue weighted by molar-refractivity contribution is 5.78. The zero-order chi connectivity index (χ0) is 9.10. The van der Waals surface area contributed by atoms with Gasteiger partial charge < -0.3 is 8.83 Å². The second-order valence-corrected chi connectivity index (χ2v) is 2.82. The first-order valence-corrected chi connectivity index (χ1v) is 4.11. The third kappa shape index (κ3) is 1.56. The highest BCUT2D eigenvalue weighted by Gasteiger charge is 1.93. The smallest absolute Gasteiger partial charge is 0.134 e. The Balaban J connectivity index is 2.91. The number of hydrogen-bond donors (Lipinski definition) is 0.